The Morgan fingerprint density at radius 3 is 2.36 bits per heavy atom. The van der Waals surface area contributed by atoms with Crippen LogP contribution in [0.2, 0.25) is 0 Å². The van der Waals surface area contributed by atoms with Crippen LogP contribution < -0.4 is 11.1 Å². The summed E-state index contributed by atoms with van der Waals surface area (Å²) in [7, 11) is -2.45. The third kappa shape index (κ3) is 6.02. The summed E-state index contributed by atoms with van der Waals surface area (Å²) < 4.78 is 49.2. The fourth-order valence-electron chi connectivity index (χ4n) is 3.84. The van der Waals surface area contributed by atoms with Gasteiger partial charge in [0.1, 0.15) is 22.5 Å². The molecule has 4 rings (SSSR count). The predicted molar refractivity (Wildman–Crippen MR) is 139 cm³/mol. The second kappa shape index (κ2) is 10.0. The van der Waals surface area contributed by atoms with Gasteiger partial charge >= 0.3 is 0 Å². The Bertz CT molecular complexity index is 1240. The van der Waals surface area contributed by atoms with Crippen molar-refractivity contribution in [3.63, 3.8) is 0 Å². The van der Waals surface area contributed by atoms with Gasteiger partial charge in [-0.3, -0.25) is 18.8 Å². The van der Waals surface area contributed by atoms with Crippen LogP contribution in [0.4, 0.5) is 19.6 Å². The first-order valence-corrected chi connectivity index (χ1v) is 13.9. The molecule has 0 spiro atoms. The van der Waals surface area contributed by atoms with Crippen molar-refractivity contribution in [1.29, 1.82) is 0 Å². The lowest BCUT2D eigenvalue weighted by Gasteiger charge is -2.40. The number of carbonyl (C=O) groups is 1. The average molecular weight is 539 g/mol. The number of hydrogen-bond donors (Lipinski definition) is 5. The minimum Gasteiger partial charge on any atom is -0.386 e. The van der Waals surface area contributed by atoms with Crippen molar-refractivity contribution in [2.75, 3.05) is 29.9 Å². The molecular weight excluding hydrogens is 510 g/mol. The zero-order chi connectivity index (χ0) is 26.3. The molecule has 0 bridgehead atoms. The molecular formula is C24H28F2N4O4S2. The number of pyridine rings is 1. The third-order valence-corrected chi connectivity index (χ3v) is 8.67. The summed E-state index contributed by atoms with van der Waals surface area (Å²) in [4.78, 5) is 18.7. The molecule has 2 aromatic heterocycles. The SMILES string of the molecule is CC(C)(O)c1cc(F)c(-c2cc(C(N)=O)c(Nc3ccc(CN4CCS(O)(O)CC4)cn3)s2)c(F)c1. The van der Waals surface area contributed by atoms with Gasteiger partial charge in [0.25, 0.3) is 5.91 Å². The summed E-state index contributed by atoms with van der Waals surface area (Å²) in [6.45, 7) is 4.65. The molecule has 1 aliphatic rings. The van der Waals surface area contributed by atoms with E-state index in [-0.39, 0.29) is 21.6 Å². The average Bonchev–Trinajstić information content (AvgIpc) is 3.19. The molecule has 0 atom stereocenters. The van der Waals surface area contributed by atoms with Crippen molar-refractivity contribution in [1.82, 2.24) is 9.88 Å². The van der Waals surface area contributed by atoms with Crippen LogP contribution in [0.5, 0.6) is 0 Å². The van der Waals surface area contributed by atoms with Gasteiger partial charge in [-0.05, 0) is 49.2 Å². The first-order valence-electron chi connectivity index (χ1n) is 11.2. The molecule has 1 amide bonds. The number of primary amides is 1. The quantitative estimate of drug-likeness (QED) is 0.294. The Morgan fingerprint density at radius 2 is 1.83 bits per heavy atom. The maximum Gasteiger partial charge on any atom is 0.251 e. The van der Waals surface area contributed by atoms with E-state index < -0.39 is 33.7 Å². The molecule has 1 aliphatic heterocycles. The number of nitrogens with two attached hydrogens (primary N) is 1. The predicted octanol–water partition coefficient (Wildman–Crippen LogP) is 4.72. The van der Waals surface area contributed by atoms with E-state index in [0.29, 0.717) is 42.0 Å². The van der Waals surface area contributed by atoms with E-state index in [1.807, 2.05) is 6.07 Å². The minimum absolute atomic E-state index is 0.0681. The van der Waals surface area contributed by atoms with Gasteiger partial charge in [0, 0.05) is 30.7 Å². The molecule has 0 saturated carbocycles. The van der Waals surface area contributed by atoms with Crippen molar-refractivity contribution >= 4 is 38.7 Å². The van der Waals surface area contributed by atoms with E-state index in [2.05, 4.69) is 15.2 Å². The Morgan fingerprint density at radius 1 is 1.19 bits per heavy atom. The van der Waals surface area contributed by atoms with Gasteiger partial charge < -0.3 is 16.2 Å². The Hall–Kier alpha value is -2.61. The number of rotatable bonds is 7. The summed E-state index contributed by atoms with van der Waals surface area (Å²) in [5.41, 5.74) is 4.86. The smallest absolute Gasteiger partial charge is 0.251 e. The van der Waals surface area contributed by atoms with Crippen LogP contribution in [0.25, 0.3) is 10.4 Å². The van der Waals surface area contributed by atoms with Crippen molar-refractivity contribution < 1.29 is 27.8 Å². The third-order valence-electron chi connectivity index (χ3n) is 5.93. The van der Waals surface area contributed by atoms with Crippen LogP contribution in [-0.2, 0) is 12.1 Å². The van der Waals surface area contributed by atoms with Crippen LogP contribution in [0, 0.1) is 11.6 Å². The molecule has 6 N–H and O–H groups in total. The van der Waals surface area contributed by atoms with Crippen LogP contribution in [0.3, 0.4) is 0 Å². The molecule has 36 heavy (non-hydrogen) atoms. The normalized spacial score (nSPS) is 17.1. The first kappa shape index (κ1) is 26.5. The summed E-state index contributed by atoms with van der Waals surface area (Å²) in [6.07, 6.45) is 1.67. The van der Waals surface area contributed by atoms with Crippen molar-refractivity contribution in [2.24, 2.45) is 5.73 Å². The monoisotopic (exact) mass is 538 g/mol. The van der Waals surface area contributed by atoms with Crippen LogP contribution in [0.1, 0.15) is 35.3 Å². The molecule has 1 saturated heterocycles. The Labute approximate surface area is 213 Å². The minimum atomic E-state index is -2.45. The fourth-order valence-corrected chi connectivity index (χ4v) is 6.27. The van der Waals surface area contributed by atoms with Crippen LogP contribution in [0.15, 0.2) is 36.5 Å². The lowest BCUT2D eigenvalue weighted by molar-refractivity contribution is 0.0778. The fraction of sp³-hybridized carbons (Fsp3) is 0.333. The standard InChI is InChI=1S/C24H28F2N4O4S2/c1-24(2,32)15-9-17(25)21(18(26)10-15)19-11-16(22(27)31)23(35-19)29-20-4-3-14(12-28-20)13-30-5-7-36(33,34)8-6-30/h3-4,9-12,32-34H,5-8,13H2,1-2H3,(H2,27,31)(H,28,29). The highest BCUT2D eigenvalue weighted by molar-refractivity contribution is 8.24. The van der Waals surface area contributed by atoms with Crippen LogP contribution in [-0.4, -0.2) is 54.6 Å². The van der Waals surface area contributed by atoms with E-state index in [9.17, 15) is 27.8 Å². The summed E-state index contributed by atoms with van der Waals surface area (Å²) in [5.74, 6) is -1.35. The zero-order valence-corrected chi connectivity index (χ0v) is 21.4. The molecule has 0 radical (unpaired) electrons. The highest BCUT2D eigenvalue weighted by atomic mass is 32.3. The van der Waals surface area contributed by atoms with E-state index >= 15 is 0 Å². The lowest BCUT2D eigenvalue weighted by Crippen LogP contribution is -2.37. The van der Waals surface area contributed by atoms with E-state index in [1.54, 1.807) is 12.3 Å². The van der Waals surface area contributed by atoms with Crippen molar-refractivity contribution in [3.8, 4) is 10.4 Å². The number of thiophene rings is 1. The molecule has 0 aliphatic carbocycles. The molecule has 3 aromatic rings. The number of hydrogen-bond acceptors (Lipinski definition) is 8. The summed E-state index contributed by atoms with van der Waals surface area (Å²) >= 11 is 0.962. The number of aliphatic hydroxyl groups is 1. The highest BCUT2D eigenvalue weighted by Crippen LogP contribution is 2.41. The number of aromatic nitrogens is 1. The van der Waals surface area contributed by atoms with E-state index in [4.69, 9.17) is 5.73 Å². The van der Waals surface area contributed by atoms with Gasteiger partial charge in [0.15, 0.2) is 0 Å². The molecule has 8 nitrogen and oxygen atoms in total. The summed E-state index contributed by atoms with van der Waals surface area (Å²) in [5, 5.41) is 13.4. The topological polar surface area (TPSA) is 132 Å². The number of halogens is 2. The van der Waals surface area contributed by atoms with Crippen molar-refractivity contribution in [3.05, 3.63) is 64.9 Å². The number of nitrogens with zero attached hydrogens (tertiary/aromatic N) is 2. The molecule has 194 valence electrons. The van der Waals surface area contributed by atoms with Gasteiger partial charge in [-0.2, -0.15) is 10.6 Å². The Balaban J connectivity index is 1.54. The highest BCUT2D eigenvalue weighted by Gasteiger charge is 2.25. The zero-order valence-electron chi connectivity index (χ0n) is 19.8. The second-order valence-electron chi connectivity index (χ2n) is 9.25. The van der Waals surface area contributed by atoms with E-state index in [0.717, 1.165) is 29.0 Å². The number of carbonyl (C=O) groups excluding carboxylic acids is 1. The van der Waals surface area contributed by atoms with Gasteiger partial charge in [-0.1, -0.05) is 6.07 Å². The van der Waals surface area contributed by atoms with Crippen LogP contribution >= 0.6 is 21.9 Å². The maximum atomic E-state index is 14.9. The van der Waals surface area contributed by atoms with Gasteiger partial charge in [0.05, 0.1) is 28.2 Å². The molecule has 1 fully saturated rings. The number of amides is 1. The number of benzene rings is 1. The first-order chi connectivity index (χ1) is 16.8. The molecule has 1 aromatic carbocycles. The maximum absolute atomic E-state index is 14.9. The van der Waals surface area contributed by atoms with E-state index in [1.165, 1.54) is 19.9 Å². The molecule has 12 heteroatoms. The largest absolute Gasteiger partial charge is 0.386 e. The molecule has 3 heterocycles. The molecule has 0 unspecified atom stereocenters. The number of nitrogens with one attached hydrogen (secondary N) is 1. The van der Waals surface area contributed by atoms with Gasteiger partial charge in [-0.25, -0.2) is 13.8 Å². The number of anilines is 2. The van der Waals surface area contributed by atoms with Gasteiger partial charge in [-0.15, -0.1) is 11.3 Å². The Kier molecular flexibility index (Phi) is 7.37. The van der Waals surface area contributed by atoms with Gasteiger partial charge in [0.2, 0.25) is 0 Å². The van der Waals surface area contributed by atoms with Crippen molar-refractivity contribution in [2.45, 2.75) is 26.0 Å². The lowest BCUT2D eigenvalue weighted by atomic mass is 9.96. The summed E-state index contributed by atoms with van der Waals surface area (Å²) in [6, 6.07) is 7.04. The second-order valence-corrected chi connectivity index (χ2v) is 12.7.